The van der Waals surface area contributed by atoms with Crippen molar-refractivity contribution in [2.24, 2.45) is 0 Å². The summed E-state index contributed by atoms with van der Waals surface area (Å²) in [6, 6.07) is 18.1. The van der Waals surface area contributed by atoms with Gasteiger partial charge in [-0.15, -0.1) is 10.2 Å². The molecule has 4 aromatic rings. The van der Waals surface area contributed by atoms with Crippen molar-refractivity contribution in [1.82, 2.24) is 20.6 Å². The maximum absolute atomic E-state index is 13.3. The summed E-state index contributed by atoms with van der Waals surface area (Å²) in [7, 11) is 0. The number of carboxylic acid groups (broad SMARTS) is 1. The molecule has 1 aliphatic rings. The van der Waals surface area contributed by atoms with E-state index in [1.165, 1.54) is 29.2 Å². The van der Waals surface area contributed by atoms with Crippen molar-refractivity contribution in [3.8, 4) is 11.4 Å². The molecule has 1 fully saturated rings. The Labute approximate surface area is 212 Å². The number of halogens is 1. The average Bonchev–Trinajstić information content (AvgIpc) is 3.51. The fourth-order valence-corrected chi connectivity index (χ4v) is 4.33. The number of benzene rings is 3. The molecule has 3 aromatic carbocycles. The molecule has 1 unspecified atom stereocenters. The first kappa shape index (κ1) is 23.1. The van der Waals surface area contributed by atoms with Gasteiger partial charge >= 0.3 is 5.97 Å². The van der Waals surface area contributed by atoms with Gasteiger partial charge in [-0.1, -0.05) is 52.3 Å². The Morgan fingerprint density at radius 1 is 0.944 bits per heavy atom. The molecule has 3 N–H and O–H groups in total. The first-order chi connectivity index (χ1) is 17.3. The van der Waals surface area contributed by atoms with E-state index in [1.807, 2.05) is 0 Å². The molecule has 1 aliphatic heterocycles. The number of aromatic nitrogens is 4. The Hall–Kier alpha value is -4.64. The molecule has 1 aromatic heterocycles. The van der Waals surface area contributed by atoms with Gasteiger partial charge in [-0.3, -0.25) is 14.5 Å². The molecule has 2 heterocycles. The van der Waals surface area contributed by atoms with Crippen LogP contribution in [0.5, 0.6) is 0 Å². The SMILES string of the molecule is O=C1C(=O)N(c2cccc(-c3nn[nH]n3)c2)C(c2ccc(C(=O)O)cc2)/C1=C(\O)c1ccc(Br)cc1. The number of aliphatic hydroxyl groups excluding tert-OH is 1. The van der Waals surface area contributed by atoms with Crippen molar-refractivity contribution < 1.29 is 24.6 Å². The van der Waals surface area contributed by atoms with Crippen LogP contribution in [0.4, 0.5) is 5.69 Å². The average molecular weight is 546 g/mol. The molecular formula is C25H16BrN5O5. The number of carbonyl (C=O) groups excluding carboxylic acids is 2. The maximum atomic E-state index is 13.3. The zero-order chi connectivity index (χ0) is 25.4. The van der Waals surface area contributed by atoms with Crippen LogP contribution in [0.15, 0.2) is 82.8 Å². The van der Waals surface area contributed by atoms with Crippen LogP contribution in [0.1, 0.15) is 27.5 Å². The standard InChI is InChI=1S/C25H16BrN5O5/c26-17-10-8-14(9-11-17)21(32)19-20(13-4-6-15(7-5-13)25(35)36)31(24(34)22(19)33)18-3-1-2-16(12-18)23-27-29-30-28-23/h1-12,20,32H,(H,35,36)(H,27,28,29,30)/b21-19+. The number of hydrogen-bond donors (Lipinski definition) is 3. The smallest absolute Gasteiger partial charge is 0.335 e. The van der Waals surface area contributed by atoms with E-state index in [2.05, 4.69) is 36.6 Å². The van der Waals surface area contributed by atoms with E-state index in [9.17, 15) is 24.6 Å². The summed E-state index contributed by atoms with van der Waals surface area (Å²) in [5.41, 5.74) is 1.64. The Morgan fingerprint density at radius 3 is 2.28 bits per heavy atom. The lowest BCUT2D eigenvalue weighted by Gasteiger charge is -2.26. The first-order valence-electron chi connectivity index (χ1n) is 10.6. The molecule has 0 saturated carbocycles. The predicted octanol–water partition coefficient (Wildman–Crippen LogP) is 3.95. The van der Waals surface area contributed by atoms with E-state index in [-0.39, 0.29) is 16.9 Å². The number of hydrogen-bond acceptors (Lipinski definition) is 7. The van der Waals surface area contributed by atoms with E-state index in [0.717, 1.165) is 4.47 Å². The number of aromatic amines is 1. The van der Waals surface area contributed by atoms with Crippen LogP contribution in [0.2, 0.25) is 0 Å². The molecule has 10 nitrogen and oxygen atoms in total. The zero-order valence-electron chi connectivity index (χ0n) is 18.3. The minimum Gasteiger partial charge on any atom is -0.507 e. The third kappa shape index (κ3) is 4.05. The molecule has 0 radical (unpaired) electrons. The molecular weight excluding hydrogens is 530 g/mol. The minimum absolute atomic E-state index is 0.0442. The molecule has 1 amide bonds. The van der Waals surface area contributed by atoms with Crippen LogP contribution in [-0.2, 0) is 9.59 Å². The van der Waals surface area contributed by atoms with Gasteiger partial charge in [0.05, 0.1) is 17.2 Å². The van der Waals surface area contributed by atoms with E-state index >= 15 is 0 Å². The van der Waals surface area contributed by atoms with Gasteiger partial charge in [0.15, 0.2) is 0 Å². The number of ketones is 1. The maximum Gasteiger partial charge on any atom is 0.335 e. The minimum atomic E-state index is -1.11. The van der Waals surface area contributed by atoms with Crippen molar-refractivity contribution in [2.45, 2.75) is 6.04 Å². The fourth-order valence-electron chi connectivity index (χ4n) is 4.06. The number of aliphatic hydroxyl groups is 1. The van der Waals surface area contributed by atoms with Gasteiger partial charge < -0.3 is 10.2 Å². The van der Waals surface area contributed by atoms with Gasteiger partial charge in [-0.05, 0) is 47.2 Å². The number of amides is 1. The van der Waals surface area contributed by atoms with Crippen molar-refractivity contribution >= 4 is 45.0 Å². The number of rotatable bonds is 5. The molecule has 0 aliphatic carbocycles. The number of Topliss-reactive ketones (excluding diaryl/α,β-unsaturated/α-hetero) is 1. The van der Waals surface area contributed by atoms with E-state index in [1.54, 1.807) is 48.5 Å². The number of H-pyrrole nitrogens is 1. The summed E-state index contributed by atoms with van der Waals surface area (Å²) in [4.78, 5) is 39.3. The summed E-state index contributed by atoms with van der Waals surface area (Å²) in [5.74, 6) is -2.87. The number of aromatic carboxylic acids is 1. The van der Waals surface area contributed by atoms with E-state index < -0.39 is 23.7 Å². The Bertz CT molecular complexity index is 1520. The molecule has 36 heavy (non-hydrogen) atoms. The second-order valence-corrected chi connectivity index (χ2v) is 8.80. The monoisotopic (exact) mass is 545 g/mol. The van der Waals surface area contributed by atoms with Crippen molar-refractivity contribution in [3.05, 3.63) is 99.5 Å². The van der Waals surface area contributed by atoms with Crippen LogP contribution >= 0.6 is 15.9 Å². The summed E-state index contributed by atoms with van der Waals surface area (Å²) < 4.78 is 0.776. The van der Waals surface area contributed by atoms with E-state index in [4.69, 9.17) is 0 Å². The number of nitrogens with one attached hydrogen (secondary N) is 1. The van der Waals surface area contributed by atoms with Crippen molar-refractivity contribution in [3.63, 3.8) is 0 Å². The van der Waals surface area contributed by atoms with Gasteiger partial charge in [0.25, 0.3) is 11.7 Å². The Morgan fingerprint density at radius 2 is 1.64 bits per heavy atom. The van der Waals surface area contributed by atoms with Gasteiger partial charge in [0, 0.05) is 21.3 Å². The highest BCUT2D eigenvalue weighted by molar-refractivity contribution is 9.10. The summed E-state index contributed by atoms with van der Waals surface area (Å²) >= 11 is 3.34. The molecule has 0 bridgehead atoms. The highest BCUT2D eigenvalue weighted by Gasteiger charge is 2.47. The summed E-state index contributed by atoms with van der Waals surface area (Å²) in [6.45, 7) is 0. The lowest BCUT2D eigenvalue weighted by molar-refractivity contribution is -0.132. The highest BCUT2D eigenvalue weighted by atomic mass is 79.9. The van der Waals surface area contributed by atoms with Crippen LogP contribution in [0.3, 0.4) is 0 Å². The Kier molecular flexibility index (Phi) is 5.90. The summed E-state index contributed by atoms with van der Waals surface area (Å²) in [5, 5.41) is 34.3. The molecule has 178 valence electrons. The third-order valence-corrected chi connectivity index (χ3v) is 6.29. The number of carbonyl (C=O) groups is 3. The normalized spacial score (nSPS) is 16.9. The lowest BCUT2D eigenvalue weighted by Crippen LogP contribution is -2.29. The van der Waals surface area contributed by atoms with Crippen molar-refractivity contribution in [1.29, 1.82) is 0 Å². The number of anilines is 1. The lowest BCUT2D eigenvalue weighted by atomic mass is 9.94. The predicted molar refractivity (Wildman–Crippen MR) is 132 cm³/mol. The molecule has 5 rings (SSSR count). The molecule has 1 atom stereocenters. The van der Waals surface area contributed by atoms with Crippen LogP contribution < -0.4 is 4.90 Å². The van der Waals surface area contributed by atoms with Gasteiger partial charge in [0.2, 0.25) is 5.82 Å². The zero-order valence-corrected chi connectivity index (χ0v) is 19.9. The Balaban J connectivity index is 1.70. The quantitative estimate of drug-likeness (QED) is 0.194. The van der Waals surface area contributed by atoms with Crippen LogP contribution in [0.25, 0.3) is 17.1 Å². The third-order valence-electron chi connectivity index (χ3n) is 5.76. The molecule has 11 heteroatoms. The second-order valence-electron chi connectivity index (χ2n) is 7.89. The van der Waals surface area contributed by atoms with Crippen molar-refractivity contribution in [2.75, 3.05) is 4.90 Å². The molecule has 1 saturated heterocycles. The van der Waals surface area contributed by atoms with Gasteiger partial charge in [-0.25, -0.2) is 4.79 Å². The largest absolute Gasteiger partial charge is 0.507 e. The van der Waals surface area contributed by atoms with E-state index in [0.29, 0.717) is 28.2 Å². The summed E-state index contributed by atoms with van der Waals surface area (Å²) in [6.07, 6.45) is 0. The highest BCUT2D eigenvalue weighted by Crippen LogP contribution is 2.42. The fraction of sp³-hybridized carbons (Fsp3) is 0.0400. The molecule has 0 spiro atoms. The topological polar surface area (TPSA) is 149 Å². The van der Waals surface area contributed by atoms with Crippen LogP contribution in [0, 0.1) is 0 Å². The number of nitrogens with zero attached hydrogens (tertiary/aromatic N) is 4. The van der Waals surface area contributed by atoms with Gasteiger partial charge in [0.1, 0.15) is 5.76 Å². The first-order valence-corrected chi connectivity index (χ1v) is 11.4. The van der Waals surface area contributed by atoms with Crippen LogP contribution in [-0.4, -0.2) is 48.5 Å². The second kappa shape index (κ2) is 9.19. The number of carboxylic acids is 1. The van der Waals surface area contributed by atoms with Gasteiger partial charge in [-0.2, -0.15) is 5.21 Å². The number of tetrazole rings is 1.